The monoisotopic (exact) mass is 651 g/mol. The second-order valence-corrected chi connectivity index (χ2v) is 12.0. The van der Waals surface area contributed by atoms with Crippen molar-refractivity contribution in [1.29, 1.82) is 0 Å². The van der Waals surface area contributed by atoms with E-state index >= 15 is 0 Å². The van der Waals surface area contributed by atoms with Gasteiger partial charge in [-0.1, -0.05) is 65.9 Å². The van der Waals surface area contributed by atoms with Crippen molar-refractivity contribution in [3.8, 4) is 22.4 Å². The minimum Gasteiger partial charge on any atom is -0.384 e. The van der Waals surface area contributed by atoms with Crippen LogP contribution in [0, 0.1) is 0 Å². The molecule has 2 N–H and O–H groups in total. The third kappa shape index (κ3) is 5.73. The Balaban J connectivity index is 0.901. The number of hydrogen-bond donors (Lipinski definition) is 2. The van der Waals surface area contributed by atoms with Gasteiger partial charge in [0.25, 0.3) is 11.8 Å². The van der Waals surface area contributed by atoms with Gasteiger partial charge in [-0.3, -0.25) is 29.4 Å². The first-order valence-electron chi connectivity index (χ1n) is 16.4. The van der Waals surface area contributed by atoms with Gasteiger partial charge in [-0.05, 0) is 47.4 Å². The predicted octanol–water partition coefficient (Wildman–Crippen LogP) is 4.36. The lowest BCUT2D eigenvalue weighted by atomic mass is 10.0. The Kier molecular flexibility index (Phi) is 7.22. The molecule has 2 aliphatic heterocycles. The molecule has 0 saturated carbocycles. The highest BCUT2D eigenvalue weighted by molar-refractivity contribution is 6.25. The van der Waals surface area contributed by atoms with E-state index in [0.717, 1.165) is 32.8 Å². The molecule has 49 heavy (non-hydrogen) atoms. The van der Waals surface area contributed by atoms with Crippen molar-refractivity contribution in [1.82, 2.24) is 34.6 Å². The number of nitrogens with one attached hydrogen (secondary N) is 2. The van der Waals surface area contributed by atoms with E-state index in [1.165, 1.54) is 0 Å². The second kappa shape index (κ2) is 12.3. The molecular formula is C37H30N8O4. The molecule has 242 valence electrons. The number of nitrogens with zero attached hydrogens (tertiary/aromatic N) is 6. The fourth-order valence-electron chi connectivity index (χ4n) is 6.33. The molecule has 1 fully saturated rings. The second-order valence-electron chi connectivity index (χ2n) is 12.0. The number of carbonyl (C=O) groups excluding carboxylic acids is 4. The molecule has 12 nitrogen and oxygen atoms in total. The van der Waals surface area contributed by atoms with Gasteiger partial charge < -0.3 is 9.72 Å². The van der Waals surface area contributed by atoms with Crippen LogP contribution in [-0.2, 0) is 22.6 Å². The molecule has 1 atom stereocenters. The van der Waals surface area contributed by atoms with E-state index in [4.69, 9.17) is 6.35 Å². The Morgan fingerprint density at radius 2 is 1.73 bits per heavy atom. The van der Waals surface area contributed by atoms with Crippen LogP contribution in [0.15, 0.2) is 103 Å². The zero-order chi connectivity index (χ0) is 34.4. The summed E-state index contributed by atoms with van der Waals surface area (Å²) in [5, 5.41) is 14.0. The summed E-state index contributed by atoms with van der Waals surface area (Å²) in [5.74, 6) is -2.16. The van der Waals surface area contributed by atoms with Crippen LogP contribution in [0.3, 0.4) is 0 Å². The summed E-state index contributed by atoms with van der Waals surface area (Å²) in [6.07, 6.45) is 4.74. The molecule has 6 aromatic rings. The number of hydrogen-bond acceptors (Lipinski definition) is 8. The molecule has 5 heterocycles. The minimum absolute atomic E-state index is 0.0628. The number of fused-ring (bicyclic) bond motifs is 2. The first-order chi connectivity index (χ1) is 24.3. The van der Waals surface area contributed by atoms with Crippen molar-refractivity contribution in [2.75, 3.05) is 11.9 Å². The Hall–Kier alpha value is -6.43. The maximum absolute atomic E-state index is 13.3. The quantitative estimate of drug-likeness (QED) is 0.220. The largest absolute Gasteiger partial charge is 0.384 e. The van der Waals surface area contributed by atoms with Crippen molar-refractivity contribution in [2.45, 2.75) is 31.8 Å². The van der Waals surface area contributed by atoms with E-state index in [-0.39, 0.29) is 24.0 Å². The highest BCUT2D eigenvalue weighted by atomic mass is 16.2. The first kappa shape index (κ1) is 28.8. The van der Waals surface area contributed by atoms with Crippen molar-refractivity contribution >= 4 is 35.0 Å². The SMILES string of the molecule is [2H]c1c(-c2ccc(Cn3cc(CCNc4cccc5c4C(=O)N(C4CCC(=O)NC4=O)C5=O)nn3)cc2)nc2cc(-c3ccccc3)ccn12. The van der Waals surface area contributed by atoms with Gasteiger partial charge in [-0.25, -0.2) is 9.67 Å². The average molecular weight is 652 g/mol. The summed E-state index contributed by atoms with van der Waals surface area (Å²) in [7, 11) is 0. The van der Waals surface area contributed by atoms with E-state index in [1.54, 1.807) is 27.3 Å². The van der Waals surface area contributed by atoms with Gasteiger partial charge in [-0.2, -0.15) is 0 Å². The van der Waals surface area contributed by atoms with Crippen LogP contribution in [0.1, 0.15) is 46.2 Å². The summed E-state index contributed by atoms with van der Waals surface area (Å²) in [5.41, 5.74) is 6.98. The average Bonchev–Trinajstić information content (AvgIpc) is 3.79. The van der Waals surface area contributed by atoms with Gasteiger partial charge in [-0.15, -0.1) is 5.10 Å². The molecule has 0 spiro atoms. The van der Waals surface area contributed by atoms with E-state index < -0.39 is 29.7 Å². The molecule has 3 aromatic heterocycles. The number of pyridine rings is 1. The molecule has 8 rings (SSSR count). The van der Waals surface area contributed by atoms with Crippen molar-refractivity contribution in [2.24, 2.45) is 0 Å². The number of aromatic nitrogens is 5. The van der Waals surface area contributed by atoms with Gasteiger partial charge in [0, 0.05) is 49.2 Å². The molecule has 4 amide bonds. The topological polar surface area (TPSA) is 144 Å². The van der Waals surface area contributed by atoms with Crippen molar-refractivity contribution in [3.05, 3.63) is 126 Å². The number of imidazole rings is 1. The molecule has 0 aliphatic carbocycles. The number of anilines is 1. The lowest BCUT2D eigenvalue weighted by Gasteiger charge is -2.27. The summed E-state index contributed by atoms with van der Waals surface area (Å²) in [4.78, 5) is 56.2. The standard InChI is InChI=1S/C37H30N8O4/c46-33-14-13-31(35(47)40-33)45-36(48)28-7-4-8-29(34(28)37(45)49)38-17-15-27-21-44(42-41-27)20-23-9-11-25(12-10-23)30-22-43-18-16-26(19-32(43)39-30)24-5-2-1-3-6-24/h1-12,16,18-19,21-22,31,38H,13-15,17,20H2,(H,40,46,47)/i22D. The Bertz CT molecular complexity index is 2320. The molecule has 3 aromatic carbocycles. The highest BCUT2D eigenvalue weighted by Crippen LogP contribution is 2.32. The molecule has 12 heteroatoms. The van der Waals surface area contributed by atoms with Gasteiger partial charge in [0.05, 0.1) is 30.4 Å². The fourth-order valence-corrected chi connectivity index (χ4v) is 6.33. The smallest absolute Gasteiger partial charge is 0.264 e. The molecule has 0 radical (unpaired) electrons. The van der Waals surface area contributed by atoms with Crippen LogP contribution in [0.5, 0.6) is 0 Å². The molecule has 1 saturated heterocycles. The molecular weight excluding hydrogens is 620 g/mol. The van der Waals surface area contributed by atoms with Gasteiger partial charge in [0.15, 0.2) is 0 Å². The lowest BCUT2D eigenvalue weighted by molar-refractivity contribution is -0.136. The minimum atomic E-state index is -1.02. The lowest BCUT2D eigenvalue weighted by Crippen LogP contribution is -2.54. The number of piperidine rings is 1. The summed E-state index contributed by atoms with van der Waals surface area (Å²) < 4.78 is 12.2. The highest BCUT2D eigenvalue weighted by Gasteiger charge is 2.45. The number of amides is 4. The fraction of sp³-hybridized carbons (Fsp3) is 0.162. The van der Waals surface area contributed by atoms with Crippen LogP contribution >= 0.6 is 0 Å². The number of imide groups is 2. The predicted molar refractivity (Wildman–Crippen MR) is 180 cm³/mol. The van der Waals surface area contributed by atoms with Crippen molar-refractivity contribution in [3.63, 3.8) is 0 Å². The first-order valence-corrected chi connectivity index (χ1v) is 15.9. The maximum atomic E-state index is 13.3. The molecule has 0 bridgehead atoms. The van der Waals surface area contributed by atoms with Gasteiger partial charge in [0.2, 0.25) is 11.8 Å². The number of benzene rings is 3. The Morgan fingerprint density at radius 1 is 0.898 bits per heavy atom. The van der Waals surface area contributed by atoms with E-state index in [2.05, 4.69) is 33.1 Å². The number of rotatable bonds is 9. The van der Waals surface area contributed by atoms with Gasteiger partial charge >= 0.3 is 0 Å². The normalized spacial score (nSPS) is 16.2. The number of carbonyl (C=O) groups is 4. The summed E-state index contributed by atoms with van der Waals surface area (Å²) in [6.45, 7) is 0.921. The van der Waals surface area contributed by atoms with E-state index in [1.807, 2.05) is 67.0 Å². The Labute approximate surface area is 281 Å². The summed E-state index contributed by atoms with van der Waals surface area (Å²) in [6, 6.07) is 25.9. The van der Waals surface area contributed by atoms with Crippen LogP contribution in [0.4, 0.5) is 5.69 Å². The third-order valence-electron chi connectivity index (χ3n) is 8.82. The third-order valence-corrected chi connectivity index (χ3v) is 8.82. The zero-order valence-electron chi connectivity index (χ0n) is 27.2. The van der Waals surface area contributed by atoms with Crippen LogP contribution in [0.25, 0.3) is 28.0 Å². The van der Waals surface area contributed by atoms with Gasteiger partial charge in [0.1, 0.15) is 11.7 Å². The molecule has 1 unspecified atom stereocenters. The maximum Gasteiger partial charge on any atom is 0.264 e. The summed E-state index contributed by atoms with van der Waals surface area (Å²) >= 11 is 0. The van der Waals surface area contributed by atoms with Crippen LogP contribution in [-0.4, -0.2) is 65.5 Å². The Morgan fingerprint density at radius 3 is 2.55 bits per heavy atom. The van der Waals surface area contributed by atoms with Crippen molar-refractivity contribution < 1.29 is 20.5 Å². The van der Waals surface area contributed by atoms with E-state index in [0.29, 0.717) is 42.7 Å². The molecule has 2 aliphatic rings. The van der Waals surface area contributed by atoms with Crippen LogP contribution < -0.4 is 10.6 Å². The zero-order valence-corrected chi connectivity index (χ0v) is 26.2. The van der Waals surface area contributed by atoms with Crippen LogP contribution in [0.2, 0.25) is 0 Å². The van der Waals surface area contributed by atoms with E-state index in [9.17, 15) is 19.2 Å².